The molecule has 4 aromatic rings. The zero-order valence-electron chi connectivity index (χ0n) is 25.9. The van der Waals surface area contributed by atoms with E-state index in [0.29, 0.717) is 12.0 Å². The maximum absolute atomic E-state index is 14.0. The standard InChI is InChI=1S/C35H41N5O6/c1-3-21(2)31(36)34(44)39-29(19-24-20-37-27-12-8-7-11-26(24)27)33(43)38-28(17-22-9-5-4-6-10-22)32(42)40-30(35(45)46)18-23-13-15-25(41)16-14-23/h4-16,20-21,28-31,37,41H,3,17-19,36H2,1-2H3,(H,38,43)(H,39,44)(H,40,42)(H,45,46). The lowest BCUT2D eigenvalue weighted by Gasteiger charge is -2.26. The zero-order chi connectivity index (χ0) is 33.2. The van der Waals surface area contributed by atoms with Crippen LogP contribution in [0.4, 0.5) is 0 Å². The Morgan fingerprint density at radius 2 is 1.28 bits per heavy atom. The van der Waals surface area contributed by atoms with E-state index in [2.05, 4.69) is 20.9 Å². The number of phenolic OH excluding ortho intramolecular Hbond substituents is 1. The number of amides is 3. The summed E-state index contributed by atoms with van der Waals surface area (Å²) < 4.78 is 0. The Bertz CT molecular complexity index is 1640. The lowest BCUT2D eigenvalue weighted by molar-refractivity contribution is -0.142. The number of fused-ring (bicyclic) bond motifs is 1. The van der Waals surface area contributed by atoms with Crippen molar-refractivity contribution in [2.45, 2.75) is 63.7 Å². The topological polar surface area (TPSA) is 187 Å². The Balaban J connectivity index is 1.60. The number of carbonyl (C=O) groups excluding carboxylic acids is 3. The van der Waals surface area contributed by atoms with Crippen LogP contribution in [0.15, 0.2) is 85.1 Å². The number of aromatic hydroxyl groups is 1. The first-order chi connectivity index (χ1) is 22.0. The maximum atomic E-state index is 14.0. The summed E-state index contributed by atoms with van der Waals surface area (Å²) in [6, 6.07) is 18.2. The average Bonchev–Trinajstić information content (AvgIpc) is 3.46. The zero-order valence-corrected chi connectivity index (χ0v) is 25.9. The lowest BCUT2D eigenvalue weighted by atomic mass is 9.97. The van der Waals surface area contributed by atoms with E-state index in [1.807, 2.05) is 44.2 Å². The Kier molecular flexibility index (Phi) is 11.5. The molecule has 0 spiro atoms. The molecule has 0 fully saturated rings. The molecule has 46 heavy (non-hydrogen) atoms. The van der Waals surface area contributed by atoms with Crippen molar-refractivity contribution in [2.24, 2.45) is 11.7 Å². The van der Waals surface area contributed by atoms with Gasteiger partial charge < -0.3 is 36.9 Å². The molecule has 8 N–H and O–H groups in total. The number of rotatable bonds is 15. The third kappa shape index (κ3) is 8.95. The van der Waals surface area contributed by atoms with Crippen LogP contribution in [-0.2, 0) is 38.4 Å². The van der Waals surface area contributed by atoms with Crippen LogP contribution >= 0.6 is 0 Å². The van der Waals surface area contributed by atoms with E-state index in [-0.39, 0.29) is 30.9 Å². The van der Waals surface area contributed by atoms with Crippen molar-refractivity contribution in [2.75, 3.05) is 0 Å². The van der Waals surface area contributed by atoms with Gasteiger partial charge in [-0.25, -0.2) is 4.79 Å². The molecule has 1 aromatic heterocycles. The summed E-state index contributed by atoms with van der Waals surface area (Å²) >= 11 is 0. The van der Waals surface area contributed by atoms with Gasteiger partial charge in [-0.05, 0) is 40.8 Å². The fraction of sp³-hybridized carbons (Fsp3) is 0.314. The molecule has 0 saturated carbocycles. The minimum Gasteiger partial charge on any atom is -0.508 e. The number of H-pyrrole nitrogens is 1. The summed E-state index contributed by atoms with van der Waals surface area (Å²) in [4.78, 5) is 56.2. The molecule has 1 heterocycles. The van der Waals surface area contributed by atoms with E-state index < -0.39 is 47.9 Å². The fourth-order valence-corrected chi connectivity index (χ4v) is 5.18. The summed E-state index contributed by atoms with van der Waals surface area (Å²) in [5.74, 6) is -3.15. The highest BCUT2D eigenvalue weighted by Crippen LogP contribution is 2.20. The summed E-state index contributed by atoms with van der Waals surface area (Å²) in [5, 5.41) is 28.5. The Labute approximate surface area is 267 Å². The fourth-order valence-electron chi connectivity index (χ4n) is 5.18. The van der Waals surface area contributed by atoms with Gasteiger partial charge in [0.1, 0.15) is 23.9 Å². The number of nitrogens with two attached hydrogens (primary N) is 1. The van der Waals surface area contributed by atoms with Gasteiger partial charge in [0.15, 0.2) is 0 Å². The smallest absolute Gasteiger partial charge is 0.326 e. The third-order valence-corrected chi connectivity index (χ3v) is 8.20. The highest BCUT2D eigenvalue weighted by molar-refractivity contribution is 5.95. The van der Waals surface area contributed by atoms with Crippen LogP contribution in [0, 0.1) is 5.92 Å². The molecular formula is C35H41N5O6. The van der Waals surface area contributed by atoms with Gasteiger partial charge in [-0.2, -0.15) is 0 Å². The molecule has 11 heteroatoms. The predicted octanol–water partition coefficient (Wildman–Crippen LogP) is 2.81. The van der Waals surface area contributed by atoms with Gasteiger partial charge in [-0.3, -0.25) is 14.4 Å². The van der Waals surface area contributed by atoms with Crippen molar-refractivity contribution in [1.82, 2.24) is 20.9 Å². The number of hydrogen-bond acceptors (Lipinski definition) is 6. The number of nitrogens with one attached hydrogen (secondary N) is 4. The van der Waals surface area contributed by atoms with Gasteiger partial charge in [0.25, 0.3) is 0 Å². The van der Waals surface area contributed by atoms with Crippen LogP contribution in [0.2, 0.25) is 0 Å². The predicted molar refractivity (Wildman–Crippen MR) is 175 cm³/mol. The average molecular weight is 628 g/mol. The van der Waals surface area contributed by atoms with E-state index in [9.17, 15) is 29.4 Å². The lowest BCUT2D eigenvalue weighted by Crippen LogP contribution is -2.58. The molecule has 5 atom stereocenters. The van der Waals surface area contributed by atoms with Crippen molar-refractivity contribution < 1.29 is 29.4 Å². The second-order valence-corrected chi connectivity index (χ2v) is 11.6. The van der Waals surface area contributed by atoms with Crippen LogP contribution in [0.1, 0.15) is 37.0 Å². The molecule has 4 rings (SSSR count). The SMILES string of the molecule is CCC(C)C(N)C(=O)NC(Cc1c[nH]c2ccccc12)C(=O)NC(Cc1ccccc1)C(=O)NC(Cc1ccc(O)cc1)C(=O)O. The van der Waals surface area contributed by atoms with E-state index in [1.54, 1.807) is 42.6 Å². The largest absolute Gasteiger partial charge is 0.508 e. The summed E-state index contributed by atoms with van der Waals surface area (Å²) in [6.07, 6.45) is 2.60. The minimum atomic E-state index is -1.30. The third-order valence-electron chi connectivity index (χ3n) is 8.20. The van der Waals surface area contributed by atoms with Crippen LogP contribution in [0.5, 0.6) is 5.75 Å². The maximum Gasteiger partial charge on any atom is 0.326 e. The number of carboxylic acids is 1. The monoisotopic (exact) mass is 627 g/mol. The number of aliphatic carboxylic acids is 1. The molecule has 0 saturated heterocycles. The van der Waals surface area contributed by atoms with Crippen molar-refractivity contribution in [3.63, 3.8) is 0 Å². The summed E-state index contributed by atoms with van der Waals surface area (Å²) in [5.41, 5.74) is 9.20. The number of hydrogen-bond donors (Lipinski definition) is 7. The van der Waals surface area contributed by atoms with Gasteiger partial charge in [0, 0.05) is 36.4 Å². The number of aromatic nitrogens is 1. The first kappa shape index (κ1) is 33.7. The number of benzene rings is 3. The molecule has 11 nitrogen and oxygen atoms in total. The number of para-hydroxylation sites is 1. The van der Waals surface area contributed by atoms with E-state index in [1.165, 1.54) is 12.1 Å². The second-order valence-electron chi connectivity index (χ2n) is 11.6. The molecule has 3 amide bonds. The van der Waals surface area contributed by atoms with Crippen molar-refractivity contribution in [1.29, 1.82) is 0 Å². The van der Waals surface area contributed by atoms with Gasteiger partial charge in [-0.1, -0.05) is 80.9 Å². The minimum absolute atomic E-state index is 0.0321. The highest BCUT2D eigenvalue weighted by Gasteiger charge is 2.32. The molecule has 242 valence electrons. The summed E-state index contributed by atoms with van der Waals surface area (Å²) in [6.45, 7) is 3.78. The first-order valence-electron chi connectivity index (χ1n) is 15.3. The second kappa shape index (κ2) is 15.7. The van der Waals surface area contributed by atoms with Gasteiger partial charge >= 0.3 is 5.97 Å². The highest BCUT2D eigenvalue weighted by atomic mass is 16.4. The molecule has 0 aliphatic carbocycles. The van der Waals surface area contributed by atoms with E-state index >= 15 is 0 Å². The number of aromatic amines is 1. The molecular weight excluding hydrogens is 586 g/mol. The van der Waals surface area contributed by atoms with E-state index in [0.717, 1.165) is 22.0 Å². The van der Waals surface area contributed by atoms with Gasteiger partial charge in [-0.15, -0.1) is 0 Å². The van der Waals surface area contributed by atoms with Gasteiger partial charge in [0.05, 0.1) is 6.04 Å². The quantitative estimate of drug-likeness (QED) is 0.106. The molecule has 0 bridgehead atoms. The molecule has 5 unspecified atom stereocenters. The normalized spacial score (nSPS) is 14.4. The molecule has 0 aliphatic heterocycles. The summed E-state index contributed by atoms with van der Waals surface area (Å²) in [7, 11) is 0. The Morgan fingerprint density at radius 1 is 0.739 bits per heavy atom. The van der Waals surface area contributed by atoms with Crippen LogP contribution in [-0.4, -0.2) is 63.1 Å². The van der Waals surface area contributed by atoms with Crippen molar-refractivity contribution in [3.05, 3.63) is 102 Å². The number of carboxylic acid groups (broad SMARTS) is 1. The first-order valence-corrected chi connectivity index (χ1v) is 15.3. The molecule has 0 radical (unpaired) electrons. The number of phenols is 1. The van der Waals surface area contributed by atoms with Crippen LogP contribution in [0.3, 0.4) is 0 Å². The van der Waals surface area contributed by atoms with Gasteiger partial charge in [0.2, 0.25) is 17.7 Å². The van der Waals surface area contributed by atoms with Crippen molar-refractivity contribution >= 4 is 34.6 Å². The molecule has 3 aromatic carbocycles. The van der Waals surface area contributed by atoms with E-state index in [4.69, 9.17) is 5.73 Å². The Morgan fingerprint density at radius 3 is 1.93 bits per heavy atom. The Hall–Kier alpha value is -5.16. The van der Waals surface area contributed by atoms with Crippen LogP contribution < -0.4 is 21.7 Å². The van der Waals surface area contributed by atoms with Crippen LogP contribution in [0.25, 0.3) is 10.9 Å². The van der Waals surface area contributed by atoms with Crippen molar-refractivity contribution in [3.8, 4) is 5.75 Å². The number of carbonyl (C=O) groups is 4. The molecule has 0 aliphatic rings.